The summed E-state index contributed by atoms with van der Waals surface area (Å²) in [6.07, 6.45) is 2.29. The molecule has 0 aliphatic rings. The molecule has 1 aromatic heterocycles. The van der Waals surface area contributed by atoms with Crippen molar-refractivity contribution in [2.45, 2.75) is 19.3 Å². The zero-order valence-electron chi connectivity index (χ0n) is 12.7. The highest BCUT2D eigenvalue weighted by Gasteiger charge is 2.18. The van der Waals surface area contributed by atoms with E-state index in [1.54, 1.807) is 25.3 Å². The van der Waals surface area contributed by atoms with Gasteiger partial charge in [-0.2, -0.15) is 0 Å². The molecule has 0 fully saturated rings. The summed E-state index contributed by atoms with van der Waals surface area (Å²) in [7, 11) is 0. The van der Waals surface area contributed by atoms with Gasteiger partial charge in [-0.15, -0.1) is 0 Å². The van der Waals surface area contributed by atoms with Crippen LogP contribution in [0.5, 0.6) is 5.75 Å². The van der Waals surface area contributed by atoms with E-state index in [1.165, 1.54) is 0 Å². The lowest BCUT2D eigenvalue weighted by Crippen LogP contribution is -2.09. The van der Waals surface area contributed by atoms with Crippen molar-refractivity contribution < 1.29 is 15.0 Å². The summed E-state index contributed by atoms with van der Waals surface area (Å²) in [6.45, 7) is 1.67. The number of phenolic OH excluding ortho intramolecular Hbond substituents is 1. The van der Waals surface area contributed by atoms with E-state index in [0.717, 1.165) is 27.6 Å². The molecule has 3 rings (SSSR count). The summed E-state index contributed by atoms with van der Waals surface area (Å²) >= 11 is 0. The molecule has 0 saturated heterocycles. The Balaban J connectivity index is 2.07. The fourth-order valence-electron chi connectivity index (χ4n) is 2.70. The fraction of sp³-hybridized carbons (Fsp3) is 0.158. The molecule has 0 spiro atoms. The number of fused-ring (bicyclic) bond motifs is 1. The van der Waals surface area contributed by atoms with Crippen LogP contribution in [0.15, 0.2) is 54.7 Å². The summed E-state index contributed by atoms with van der Waals surface area (Å²) in [5, 5.41) is 20.5. The van der Waals surface area contributed by atoms with Gasteiger partial charge in [0.25, 0.3) is 0 Å². The highest BCUT2D eigenvalue weighted by Crippen LogP contribution is 2.28. The van der Waals surface area contributed by atoms with Crippen LogP contribution in [-0.2, 0) is 11.2 Å². The number of hydrogen-bond acceptors (Lipinski definition) is 3. The number of carboxylic acids is 1. The first-order valence-corrected chi connectivity index (χ1v) is 7.43. The number of aromatic hydroxyl groups is 1. The van der Waals surface area contributed by atoms with E-state index >= 15 is 0 Å². The molecule has 0 aliphatic carbocycles. The lowest BCUT2D eigenvalue weighted by atomic mass is 9.94. The van der Waals surface area contributed by atoms with Crippen LogP contribution in [0.25, 0.3) is 10.8 Å². The first kappa shape index (κ1) is 15.0. The van der Waals surface area contributed by atoms with Gasteiger partial charge in [0.1, 0.15) is 5.75 Å². The summed E-state index contributed by atoms with van der Waals surface area (Å²) in [4.78, 5) is 15.8. The Hall–Kier alpha value is -2.88. The van der Waals surface area contributed by atoms with E-state index in [2.05, 4.69) is 4.98 Å². The van der Waals surface area contributed by atoms with Gasteiger partial charge < -0.3 is 10.2 Å². The lowest BCUT2D eigenvalue weighted by molar-refractivity contribution is -0.138. The maximum absolute atomic E-state index is 11.3. The number of aromatic nitrogens is 1. The van der Waals surface area contributed by atoms with Crippen molar-refractivity contribution in [2.24, 2.45) is 0 Å². The molecule has 2 N–H and O–H groups in total. The molecule has 2 aromatic carbocycles. The summed E-state index contributed by atoms with van der Waals surface area (Å²) in [5.41, 5.74) is 2.66. The predicted molar refractivity (Wildman–Crippen MR) is 88.7 cm³/mol. The first-order chi connectivity index (χ1) is 11.1. The number of hydrogen-bond donors (Lipinski definition) is 2. The van der Waals surface area contributed by atoms with Gasteiger partial charge in [0, 0.05) is 18.0 Å². The second-order valence-corrected chi connectivity index (χ2v) is 5.61. The van der Waals surface area contributed by atoms with Crippen molar-refractivity contribution in [3.63, 3.8) is 0 Å². The standard InChI is InChI=1S/C19H17NO3/c1-12(19(22)23)17-11-20-18(16-5-3-2-4-15(16)17)10-13-6-8-14(21)9-7-13/h2-9,11-12,21H,10H2,1H3,(H,22,23). The van der Waals surface area contributed by atoms with E-state index in [4.69, 9.17) is 0 Å². The van der Waals surface area contributed by atoms with Gasteiger partial charge in [-0.3, -0.25) is 9.78 Å². The van der Waals surface area contributed by atoms with E-state index < -0.39 is 11.9 Å². The SMILES string of the molecule is CC(C(=O)O)c1cnc(Cc2ccc(O)cc2)c2ccccc12. The monoisotopic (exact) mass is 307 g/mol. The molecule has 3 aromatic rings. The predicted octanol–water partition coefficient (Wildman–Crippen LogP) is 3.72. The lowest BCUT2D eigenvalue weighted by Gasteiger charge is -2.13. The molecule has 1 heterocycles. The average Bonchev–Trinajstić information content (AvgIpc) is 2.56. The zero-order valence-corrected chi connectivity index (χ0v) is 12.7. The van der Waals surface area contributed by atoms with Crippen LogP contribution in [0.1, 0.15) is 29.7 Å². The topological polar surface area (TPSA) is 70.4 Å². The van der Waals surface area contributed by atoms with Gasteiger partial charge in [0.2, 0.25) is 0 Å². The van der Waals surface area contributed by atoms with Gasteiger partial charge in [-0.05, 0) is 35.6 Å². The van der Waals surface area contributed by atoms with E-state index in [1.807, 2.05) is 36.4 Å². The van der Waals surface area contributed by atoms with Crippen molar-refractivity contribution in [3.05, 3.63) is 71.5 Å². The zero-order chi connectivity index (χ0) is 16.4. The van der Waals surface area contributed by atoms with Crippen molar-refractivity contribution in [3.8, 4) is 5.75 Å². The van der Waals surface area contributed by atoms with Gasteiger partial charge in [-0.1, -0.05) is 36.4 Å². The molecule has 4 heteroatoms. The van der Waals surface area contributed by atoms with Gasteiger partial charge in [-0.25, -0.2) is 0 Å². The highest BCUT2D eigenvalue weighted by atomic mass is 16.4. The Kier molecular flexibility index (Phi) is 3.98. The number of carbonyl (C=O) groups is 1. The second kappa shape index (κ2) is 6.08. The Morgan fingerprint density at radius 1 is 1.09 bits per heavy atom. The van der Waals surface area contributed by atoms with Crippen LogP contribution >= 0.6 is 0 Å². The van der Waals surface area contributed by atoms with E-state index in [9.17, 15) is 15.0 Å². The minimum absolute atomic E-state index is 0.234. The molecule has 1 atom stereocenters. The van der Waals surface area contributed by atoms with Crippen molar-refractivity contribution in [2.75, 3.05) is 0 Å². The van der Waals surface area contributed by atoms with Crippen LogP contribution in [-0.4, -0.2) is 21.2 Å². The van der Waals surface area contributed by atoms with Crippen molar-refractivity contribution in [1.29, 1.82) is 0 Å². The fourth-order valence-corrected chi connectivity index (χ4v) is 2.70. The van der Waals surface area contributed by atoms with E-state index in [-0.39, 0.29) is 5.75 Å². The van der Waals surface area contributed by atoms with Crippen LogP contribution in [0.4, 0.5) is 0 Å². The van der Waals surface area contributed by atoms with Crippen molar-refractivity contribution >= 4 is 16.7 Å². The summed E-state index contributed by atoms with van der Waals surface area (Å²) < 4.78 is 0. The number of rotatable bonds is 4. The van der Waals surface area contributed by atoms with Crippen LogP contribution in [0.2, 0.25) is 0 Å². The maximum atomic E-state index is 11.3. The Morgan fingerprint density at radius 2 is 1.74 bits per heavy atom. The quantitative estimate of drug-likeness (QED) is 0.770. The minimum atomic E-state index is -0.858. The molecule has 0 aliphatic heterocycles. The third-order valence-corrected chi connectivity index (χ3v) is 4.05. The molecule has 0 radical (unpaired) electrons. The number of benzene rings is 2. The molecule has 116 valence electrons. The number of nitrogens with zero attached hydrogens (tertiary/aromatic N) is 1. The normalized spacial score (nSPS) is 12.2. The minimum Gasteiger partial charge on any atom is -0.508 e. The molecule has 4 nitrogen and oxygen atoms in total. The van der Waals surface area contributed by atoms with Gasteiger partial charge >= 0.3 is 5.97 Å². The Labute approximate surface area is 134 Å². The van der Waals surface area contributed by atoms with Gasteiger partial charge in [0.15, 0.2) is 0 Å². The Bertz CT molecular complexity index is 856. The molecule has 1 unspecified atom stereocenters. The van der Waals surface area contributed by atoms with Crippen LogP contribution < -0.4 is 0 Å². The third kappa shape index (κ3) is 3.01. The maximum Gasteiger partial charge on any atom is 0.310 e. The summed E-state index contributed by atoms with van der Waals surface area (Å²) in [5.74, 6) is -1.23. The smallest absolute Gasteiger partial charge is 0.310 e. The third-order valence-electron chi connectivity index (χ3n) is 4.05. The van der Waals surface area contributed by atoms with E-state index in [0.29, 0.717) is 6.42 Å². The second-order valence-electron chi connectivity index (χ2n) is 5.61. The number of phenols is 1. The molecule has 0 bridgehead atoms. The molecular formula is C19H17NO3. The molecule has 23 heavy (non-hydrogen) atoms. The average molecular weight is 307 g/mol. The Morgan fingerprint density at radius 3 is 2.39 bits per heavy atom. The van der Waals surface area contributed by atoms with Gasteiger partial charge in [0.05, 0.1) is 11.6 Å². The number of aliphatic carboxylic acids is 1. The first-order valence-electron chi connectivity index (χ1n) is 7.43. The largest absolute Gasteiger partial charge is 0.508 e. The van der Waals surface area contributed by atoms with Crippen LogP contribution in [0.3, 0.4) is 0 Å². The summed E-state index contributed by atoms with van der Waals surface area (Å²) in [6, 6.07) is 14.8. The van der Waals surface area contributed by atoms with Crippen molar-refractivity contribution in [1.82, 2.24) is 4.98 Å². The molecular weight excluding hydrogens is 290 g/mol. The van der Waals surface area contributed by atoms with Crippen LogP contribution in [0, 0.1) is 0 Å². The highest BCUT2D eigenvalue weighted by molar-refractivity contribution is 5.91. The molecule has 0 saturated carbocycles. The number of pyridine rings is 1. The number of carboxylic acid groups (broad SMARTS) is 1. The molecule has 0 amide bonds.